The Morgan fingerprint density at radius 3 is 2.47 bits per heavy atom. The summed E-state index contributed by atoms with van der Waals surface area (Å²) in [5.41, 5.74) is 0. The van der Waals surface area contributed by atoms with E-state index in [0.29, 0.717) is 19.3 Å². The van der Waals surface area contributed by atoms with Crippen molar-refractivity contribution in [3.63, 3.8) is 0 Å². The predicted molar refractivity (Wildman–Crippen MR) is 69.7 cm³/mol. The molecule has 1 atom stereocenters. The molecule has 112 valence electrons. The highest BCUT2D eigenvalue weighted by Crippen LogP contribution is 2.19. The number of aliphatic hydroxyl groups excluding tert-OH is 1. The topological polar surface area (TPSA) is 107 Å². The highest BCUT2D eigenvalue weighted by atomic mass is 32.2. The zero-order chi connectivity index (χ0) is 14.5. The molecule has 1 heterocycles. The Balaban J connectivity index is 2.44. The molecule has 0 bridgehead atoms. The molecule has 19 heavy (non-hydrogen) atoms. The van der Waals surface area contributed by atoms with Crippen molar-refractivity contribution in [1.29, 1.82) is 0 Å². The molecule has 1 aliphatic heterocycles. The van der Waals surface area contributed by atoms with Crippen LogP contribution in [0.15, 0.2) is 0 Å². The maximum absolute atomic E-state index is 12.0. The molecule has 1 aliphatic rings. The van der Waals surface area contributed by atoms with Crippen LogP contribution in [0, 0.1) is 11.8 Å². The third-order valence-electron chi connectivity index (χ3n) is 3.38. The third-order valence-corrected chi connectivity index (χ3v) is 4.96. The zero-order valence-corrected chi connectivity index (χ0v) is 11.9. The molecule has 7 nitrogen and oxygen atoms in total. The van der Waals surface area contributed by atoms with Gasteiger partial charge < -0.3 is 10.2 Å². The van der Waals surface area contributed by atoms with Crippen molar-refractivity contribution >= 4 is 16.2 Å². The first kappa shape index (κ1) is 16.4. The second-order valence-electron chi connectivity index (χ2n) is 4.98. The van der Waals surface area contributed by atoms with Crippen molar-refractivity contribution in [2.24, 2.45) is 11.8 Å². The van der Waals surface area contributed by atoms with Crippen LogP contribution in [0.4, 0.5) is 0 Å². The number of rotatable bonds is 7. The molecule has 3 N–H and O–H groups in total. The van der Waals surface area contributed by atoms with Gasteiger partial charge in [-0.25, -0.2) is 4.72 Å². The van der Waals surface area contributed by atoms with Gasteiger partial charge in [-0.2, -0.15) is 12.7 Å². The van der Waals surface area contributed by atoms with Crippen LogP contribution < -0.4 is 4.72 Å². The smallest absolute Gasteiger partial charge is 0.306 e. The molecule has 0 spiro atoms. The highest BCUT2D eigenvalue weighted by molar-refractivity contribution is 7.87. The van der Waals surface area contributed by atoms with E-state index < -0.39 is 22.1 Å². The summed E-state index contributed by atoms with van der Waals surface area (Å²) in [6.45, 7) is 2.64. The van der Waals surface area contributed by atoms with Crippen LogP contribution in [-0.2, 0) is 15.0 Å². The van der Waals surface area contributed by atoms with E-state index in [1.165, 1.54) is 4.31 Å². The Morgan fingerprint density at radius 2 is 2.00 bits per heavy atom. The van der Waals surface area contributed by atoms with E-state index in [9.17, 15) is 13.2 Å². The Kier molecular flexibility index (Phi) is 6.18. The van der Waals surface area contributed by atoms with Gasteiger partial charge in [0, 0.05) is 26.2 Å². The highest BCUT2D eigenvalue weighted by Gasteiger charge is 2.30. The Hall–Kier alpha value is -0.700. The van der Waals surface area contributed by atoms with Gasteiger partial charge in [-0.15, -0.1) is 0 Å². The monoisotopic (exact) mass is 294 g/mol. The molecule has 1 saturated heterocycles. The van der Waals surface area contributed by atoms with Crippen LogP contribution in [-0.4, -0.2) is 55.1 Å². The molecular formula is C11H22N2O5S. The molecule has 0 radical (unpaired) electrons. The molecule has 0 aromatic rings. The van der Waals surface area contributed by atoms with Gasteiger partial charge in [-0.05, 0) is 25.2 Å². The van der Waals surface area contributed by atoms with E-state index in [4.69, 9.17) is 10.2 Å². The lowest BCUT2D eigenvalue weighted by atomic mass is 9.99. The van der Waals surface area contributed by atoms with E-state index in [1.807, 2.05) is 6.92 Å². The summed E-state index contributed by atoms with van der Waals surface area (Å²) in [7, 11) is -3.54. The van der Waals surface area contributed by atoms with Crippen molar-refractivity contribution in [1.82, 2.24) is 9.03 Å². The number of nitrogens with zero attached hydrogens (tertiary/aromatic N) is 1. The summed E-state index contributed by atoms with van der Waals surface area (Å²) < 4.78 is 27.7. The Bertz CT molecular complexity index is 390. The molecular weight excluding hydrogens is 272 g/mol. The second-order valence-corrected chi connectivity index (χ2v) is 6.74. The average Bonchev–Trinajstić information content (AvgIpc) is 2.37. The maximum Gasteiger partial charge on any atom is 0.306 e. The van der Waals surface area contributed by atoms with Gasteiger partial charge in [0.05, 0.1) is 5.92 Å². The van der Waals surface area contributed by atoms with E-state index in [-0.39, 0.29) is 32.2 Å². The first-order chi connectivity index (χ1) is 8.86. The van der Waals surface area contributed by atoms with E-state index in [2.05, 4.69) is 4.72 Å². The van der Waals surface area contributed by atoms with Crippen molar-refractivity contribution in [3.8, 4) is 0 Å². The summed E-state index contributed by atoms with van der Waals surface area (Å²) in [6.07, 6.45) is 1.24. The molecule has 0 aromatic heterocycles. The molecule has 0 aromatic carbocycles. The van der Waals surface area contributed by atoms with Crippen LogP contribution in [0.3, 0.4) is 0 Å². The number of carbonyl (C=O) groups is 1. The molecule has 1 rings (SSSR count). The minimum absolute atomic E-state index is 0.0346. The summed E-state index contributed by atoms with van der Waals surface area (Å²) in [6, 6.07) is 0. The third kappa shape index (κ3) is 5.06. The largest absolute Gasteiger partial charge is 0.481 e. The quantitative estimate of drug-likeness (QED) is 0.594. The predicted octanol–water partition coefficient (Wildman–Crippen LogP) is -0.364. The maximum atomic E-state index is 12.0. The van der Waals surface area contributed by atoms with Gasteiger partial charge in [0.15, 0.2) is 0 Å². The van der Waals surface area contributed by atoms with Gasteiger partial charge in [0.2, 0.25) is 0 Å². The second kappa shape index (κ2) is 7.18. The lowest BCUT2D eigenvalue weighted by Gasteiger charge is -2.29. The van der Waals surface area contributed by atoms with Gasteiger partial charge in [0.25, 0.3) is 10.2 Å². The van der Waals surface area contributed by atoms with Gasteiger partial charge in [0.1, 0.15) is 0 Å². The number of hydrogen-bond acceptors (Lipinski definition) is 4. The van der Waals surface area contributed by atoms with E-state index >= 15 is 0 Å². The van der Waals surface area contributed by atoms with Crippen molar-refractivity contribution < 1.29 is 23.4 Å². The molecule has 8 heteroatoms. The minimum Gasteiger partial charge on any atom is -0.481 e. The molecule has 1 unspecified atom stereocenters. The zero-order valence-electron chi connectivity index (χ0n) is 11.1. The number of aliphatic carboxylic acids is 1. The lowest BCUT2D eigenvalue weighted by molar-refractivity contribution is -0.142. The van der Waals surface area contributed by atoms with Crippen LogP contribution >= 0.6 is 0 Å². The van der Waals surface area contributed by atoms with Crippen LogP contribution in [0.5, 0.6) is 0 Å². The molecule has 0 amide bonds. The number of carboxylic acids is 1. The van der Waals surface area contributed by atoms with Crippen molar-refractivity contribution in [3.05, 3.63) is 0 Å². The number of hydrogen-bond donors (Lipinski definition) is 3. The Labute approximate surface area is 113 Å². The van der Waals surface area contributed by atoms with Crippen LogP contribution in [0.25, 0.3) is 0 Å². The molecule has 1 fully saturated rings. The summed E-state index contributed by atoms with van der Waals surface area (Å²) in [5.74, 6) is -1.24. The van der Waals surface area contributed by atoms with Crippen molar-refractivity contribution in [2.45, 2.75) is 26.2 Å². The Morgan fingerprint density at radius 1 is 1.42 bits per heavy atom. The number of aliphatic hydroxyl groups is 1. The fourth-order valence-corrected chi connectivity index (χ4v) is 3.37. The SMILES string of the molecule is CC(CCO)CNS(=O)(=O)N1CCC(C(=O)O)CC1. The van der Waals surface area contributed by atoms with E-state index in [0.717, 1.165) is 0 Å². The van der Waals surface area contributed by atoms with Crippen molar-refractivity contribution in [2.75, 3.05) is 26.2 Å². The minimum atomic E-state index is -3.54. The fraction of sp³-hybridized carbons (Fsp3) is 0.909. The van der Waals surface area contributed by atoms with Gasteiger partial charge in [-0.3, -0.25) is 4.79 Å². The van der Waals surface area contributed by atoms with Crippen LogP contribution in [0.2, 0.25) is 0 Å². The van der Waals surface area contributed by atoms with Gasteiger partial charge in [-0.1, -0.05) is 6.92 Å². The number of piperidine rings is 1. The van der Waals surface area contributed by atoms with Gasteiger partial charge >= 0.3 is 5.97 Å². The molecule has 0 aliphatic carbocycles. The summed E-state index contributed by atoms with van der Waals surface area (Å²) in [4.78, 5) is 10.8. The summed E-state index contributed by atoms with van der Waals surface area (Å²) >= 11 is 0. The first-order valence-electron chi connectivity index (χ1n) is 6.45. The first-order valence-corrected chi connectivity index (χ1v) is 7.89. The lowest BCUT2D eigenvalue weighted by Crippen LogP contribution is -2.46. The summed E-state index contributed by atoms with van der Waals surface area (Å²) in [5, 5.41) is 17.6. The van der Waals surface area contributed by atoms with E-state index in [1.54, 1.807) is 0 Å². The number of nitrogens with one attached hydrogen (secondary N) is 1. The fourth-order valence-electron chi connectivity index (χ4n) is 2.00. The average molecular weight is 294 g/mol. The standard InChI is InChI=1S/C11H22N2O5S/c1-9(4-7-14)8-12-19(17,18)13-5-2-10(3-6-13)11(15)16/h9-10,12,14H,2-8H2,1H3,(H,15,16). The van der Waals surface area contributed by atoms with Crippen LogP contribution in [0.1, 0.15) is 26.2 Å². The number of carboxylic acid groups (broad SMARTS) is 1. The molecule has 0 saturated carbocycles. The normalized spacial score (nSPS) is 20.3.